The first kappa shape index (κ1) is 11.8. The highest BCUT2D eigenvalue weighted by Crippen LogP contribution is 2.30. The van der Waals surface area contributed by atoms with E-state index in [2.05, 4.69) is 10.4 Å². The third-order valence-corrected chi connectivity index (χ3v) is 3.10. The standard InChI is InChI=1S/C14H12FN3O/c15-12-7-17-6-5-10(12)14(18-16)11-8-19-13-4-2-1-3-9(11)13/h1-8,14,18H,16H2. The second-order valence-corrected chi connectivity index (χ2v) is 4.18. The highest BCUT2D eigenvalue weighted by molar-refractivity contribution is 5.81. The number of para-hydroxylation sites is 1. The fourth-order valence-corrected chi connectivity index (χ4v) is 2.19. The molecule has 96 valence electrons. The van der Waals surface area contributed by atoms with Crippen LogP contribution >= 0.6 is 0 Å². The number of nitrogens with zero attached hydrogens (tertiary/aromatic N) is 1. The number of aromatic nitrogens is 1. The van der Waals surface area contributed by atoms with Crippen LogP contribution < -0.4 is 11.3 Å². The molecule has 3 rings (SSSR count). The number of pyridine rings is 1. The van der Waals surface area contributed by atoms with Crippen molar-refractivity contribution in [3.05, 3.63) is 65.9 Å². The minimum atomic E-state index is -0.480. The van der Waals surface area contributed by atoms with Gasteiger partial charge in [-0.3, -0.25) is 10.8 Å². The highest BCUT2D eigenvalue weighted by atomic mass is 19.1. The average molecular weight is 257 g/mol. The van der Waals surface area contributed by atoms with E-state index in [-0.39, 0.29) is 0 Å². The van der Waals surface area contributed by atoms with Crippen molar-refractivity contribution in [3.63, 3.8) is 0 Å². The Morgan fingerprint density at radius 3 is 2.84 bits per heavy atom. The van der Waals surface area contributed by atoms with Gasteiger partial charge in [0.2, 0.25) is 0 Å². The topological polar surface area (TPSA) is 64.1 Å². The Morgan fingerprint density at radius 1 is 1.21 bits per heavy atom. The van der Waals surface area contributed by atoms with E-state index in [1.165, 1.54) is 12.4 Å². The third kappa shape index (κ3) is 1.99. The van der Waals surface area contributed by atoms with Gasteiger partial charge < -0.3 is 4.42 Å². The second kappa shape index (κ2) is 4.79. The van der Waals surface area contributed by atoms with Gasteiger partial charge >= 0.3 is 0 Å². The monoisotopic (exact) mass is 257 g/mol. The number of rotatable bonds is 3. The average Bonchev–Trinajstić information content (AvgIpc) is 2.86. The molecule has 2 aromatic heterocycles. The van der Waals surface area contributed by atoms with Crippen molar-refractivity contribution in [2.75, 3.05) is 0 Å². The second-order valence-electron chi connectivity index (χ2n) is 4.18. The van der Waals surface area contributed by atoms with E-state index in [9.17, 15) is 4.39 Å². The molecule has 0 aliphatic rings. The highest BCUT2D eigenvalue weighted by Gasteiger charge is 2.20. The molecule has 0 aliphatic heterocycles. The normalized spacial score (nSPS) is 12.7. The van der Waals surface area contributed by atoms with Crippen LogP contribution in [-0.4, -0.2) is 4.98 Å². The van der Waals surface area contributed by atoms with Gasteiger partial charge in [-0.15, -0.1) is 0 Å². The summed E-state index contributed by atoms with van der Waals surface area (Å²) in [5, 5.41) is 0.904. The van der Waals surface area contributed by atoms with Crippen LogP contribution in [0.2, 0.25) is 0 Å². The molecule has 1 atom stereocenters. The summed E-state index contributed by atoms with van der Waals surface area (Å²) in [7, 11) is 0. The van der Waals surface area contributed by atoms with Crippen molar-refractivity contribution in [1.82, 2.24) is 10.4 Å². The quantitative estimate of drug-likeness (QED) is 0.559. The van der Waals surface area contributed by atoms with Gasteiger partial charge in [0.05, 0.1) is 18.5 Å². The molecule has 0 saturated carbocycles. The number of hydrazine groups is 1. The maximum Gasteiger partial charge on any atom is 0.146 e. The van der Waals surface area contributed by atoms with Gasteiger partial charge in [-0.1, -0.05) is 18.2 Å². The molecule has 0 amide bonds. The van der Waals surface area contributed by atoms with Crippen LogP contribution in [0.3, 0.4) is 0 Å². The van der Waals surface area contributed by atoms with Crippen molar-refractivity contribution >= 4 is 11.0 Å². The van der Waals surface area contributed by atoms with Crippen molar-refractivity contribution < 1.29 is 8.81 Å². The summed E-state index contributed by atoms with van der Waals surface area (Å²) in [6.45, 7) is 0. The Balaban J connectivity index is 2.15. The van der Waals surface area contributed by atoms with Crippen LogP contribution in [-0.2, 0) is 0 Å². The number of nitrogens with two attached hydrogens (primary N) is 1. The van der Waals surface area contributed by atoms with Gasteiger partial charge in [0.25, 0.3) is 0 Å². The van der Waals surface area contributed by atoms with Gasteiger partial charge in [-0.2, -0.15) is 0 Å². The number of fused-ring (bicyclic) bond motifs is 1. The Kier molecular flexibility index (Phi) is 2.98. The molecule has 0 fully saturated rings. The molecule has 5 heteroatoms. The molecular weight excluding hydrogens is 245 g/mol. The van der Waals surface area contributed by atoms with E-state index < -0.39 is 11.9 Å². The van der Waals surface area contributed by atoms with Crippen LogP contribution in [0.4, 0.5) is 4.39 Å². The van der Waals surface area contributed by atoms with Gasteiger partial charge in [-0.05, 0) is 12.1 Å². The van der Waals surface area contributed by atoms with Gasteiger partial charge in [0.1, 0.15) is 11.4 Å². The molecule has 2 heterocycles. The zero-order chi connectivity index (χ0) is 13.2. The lowest BCUT2D eigenvalue weighted by Crippen LogP contribution is -2.29. The Morgan fingerprint density at radius 2 is 2.05 bits per heavy atom. The van der Waals surface area contributed by atoms with E-state index in [1.54, 1.807) is 12.3 Å². The summed E-state index contributed by atoms with van der Waals surface area (Å²) in [6, 6.07) is 8.67. The first-order valence-corrected chi connectivity index (χ1v) is 5.83. The lowest BCUT2D eigenvalue weighted by Gasteiger charge is -2.15. The smallest absolute Gasteiger partial charge is 0.146 e. The maximum atomic E-state index is 13.8. The van der Waals surface area contributed by atoms with Crippen molar-refractivity contribution in [1.29, 1.82) is 0 Å². The number of benzene rings is 1. The van der Waals surface area contributed by atoms with Crippen LogP contribution in [0.25, 0.3) is 11.0 Å². The van der Waals surface area contributed by atoms with Crippen LogP contribution in [0, 0.1) is 5.82 Å². The lowest BCUT2D eigenvalue weighted by molar-refractivity contribution is 0.547. The van der Waals surface area contributed by atoms with Crippen LogP contribution in [0.5, 0.6) is 0 Å². The van der Waals surface area contributed by atoms with Crippen LogP contribution in [0.1, 0.15) is 17.2 Å². The van der Waals surface area contributed by atoms with E-state index in [4.69, 9.17) is 10.3 Å². The van der Waals surface area contributed by atoms with E-state index >= 15 is 0 Å². The Hall–Kier alpha value is -2.24. The summed E-state index contributed by atoms with van der Waals surface area (Å²) >= 11 is 0. The molecule has 0 bridgehead atoms. The zero-order valence-electron chi connectivity index (χ0n) is 10.0. The van der Waals surface area contributed by atoms with Gasteiger partial charge in [0.15, 0.2) is 0 Å². The molecule has 0 aliphatic carbocycles. The van der Waals surface area contributed by atoms with Gasteiger partial charge in [-0.25, -0.2) is 9.82 Å². The molecule has 1 unspecified atom stereocenters. The van der Waals surface area contributed by atoms with Gasteiger partial charge in [0, 0.05) is 22.7 Å². The molecule has 3 N–H and O–H groups in total. The predicted molar refractivity (Wildman–Crippen MR) is 69.6 cm³/mol. The van der Waals surface area contributed by atoms with Crippen molar-refractivity contribution in [3.8, 4) is 0 Å². The summed E-state index contributed by atoms with van der Waals surface area (Å²) in [5.41, 5.74) is 4.60. The summed E-state index contributed by atoms with van der Waals surface area (Å²) in [6.07, 6.45) is 4.29. The zero-order valence-corrected chi connectivity index (χ0v) is 10.0. The van der Waals surface area contributed by atoms with E-state index in [0.717, 1.165) is 16.5 Å². The minimum absolute atomic E-state index is 0.407. The maximum absolute atomic E-state index is 13.8. The minimum Gasteiger partial charge on any atom is -0.464 e. The lowest BCUT2D eigenvalue weighted by atomic mass is 9.99. The number of furan rings is 1. The van der Waals surface area contributed by atoms with E-state index in [0.29, 0.717) is 5.56 Å². The number of hydrogen-bond acceptors (Lipinski definition) is 4. The summed E-state index contributed by atoms with van der Waals surface area (Å²) < 4.78 is 19.3. The first-order chi connectivity index (χ1) is 9.31. The van der Waals surface area contributed by atoms with Crippen molar-refractivity contribution in [2.45, 2.75) is 6.04 Å². The predicted octanol–water partition coefficient (Wildman–Crippen LogP) is 2.52. The van der Waals surface area contributed by atoms with E-state index in [1.807, 2.05) is 24.3 Å². The fraction of sp³-hybridized carbons (Fsp3) is 0.0714. The Labute approximate surface area is 109 Å². The third-order valence-electron chi connectivity index (χ3n) is 3.10. The molecule has 3 aromatic rings. The molecule has 19 heavy (non-hydrogen) atoms. The fourth-order valence-electron chi connectivity index (χ4n) is 2.19. The number of nitrogens with one attached hydrogen (secondary N) is 1. The number of hydrogen-bond donors (Lipinski definition) is 2. The molecule has 1 aromatic carbocycles. The Bertz CT molecular complexity index is 710. The largest absolute Gasteiger partial charge is 0.464 e. The van der Waals surface area contributed by atoms with Crippen LogP contribution in [0.15, 0.2) is 53.4 Å². The van der Waals surface area contributed by atoms with Crippen molar-refractivity contribution in [2.24, 2.45) is 5.84 Å². The first-order valence-electron chi connectivity index (χ1n) is 5.83. The molecular formula is C14H12FN3O. The summed E-state index contributed by atoms with van der Waals surface area (Å²) in [5.74, 6) is 5.17. The molecule has 0 saturated heterocycles. The molecule has 0 spiro atoms. The molecule has 0 radical (unpaired) electrons. The summed E-state index contributed by atoms with van der Waals surface area (Å²) in [4.78, 5) is 3.74. The number of halogens is 1. The molecule has 4 nitrogen and oxygen atoms in total. The SMILES string of the molecule is NNC(c1ccncc1F)c1coc2ccccc12.